The summed E-state index contributed by atoms with van der Waals surface area (Å²) in [5.41, 5.74) is 11.8. The topological polar surface area (TPSA) is 76.7 Å². The van der Waals surface area contributed by atoms with E-state index in [4.69, 9.17) is 20.4 Å². The predicted octanol–water partition coefficient (Wildman–Crippen LogP) is 10.5. The first-order chi connectivity index (χ1) is 27.1. The summed E-state index contributed by atoms with van der Waals surface area (Å²) in [7, 11) is 0. The van der Waals surface area contributed by atoms with E-state index < -0.39 is 5.54 Å². The van der Waals surface area contributed by atoms with E-state index in [2.05, 4.69) is 147 Å². The maximum Gasteiger partial charge on any atom is 0.205 e. The minimum absolute atomic E-state index is 0.0160. The molecule has 6 aromatic carbocycles. The molecule has 0 amide bonds. The van der Waals surface area contributed by atoms with Gasteiger partial charge in [0.05, 0.1) is 12.1 Å². The number of fused-ring (bicyclic) bond motifs is 1. The van der Waals surface area contributed by atoms with Crippen LogP contribution in [0.4, 0.5) is 0 Å². The van der Waals surface area contributed by atoms with E-state index in [0.717, 1.165) is 92.4 Å². The van der Waals surface area contributed by atoms with E-state index in [9.17, 15) is 5.11 Å². The molecule has 0 aliphatic rings. The molecule has 0 aliphatic heterocycles. The molecule has 0 fully saturated rings. The Morgan fingerprint density at radius 3 is 1.84 bits per heavy atom. The normalized spacial score (nSPS) is 11.6. The quantitative estimate of drug-likeness (QED) is 0.0948. The van der Waals surface area contributed by atoms with Gasteiger partial charge in [-0.2, -0.15) is 0 Å². The summed E-state index contributed by atoms with van der Waals surface area (Å²) in [6.07, 6.45) is 4.99. The molecule has 0 saturated heterocycles. The van der Waals surface area contributed by atoms with E-state index in [0.29, 0.717) is 12.2 Å². The molecule has 55 heavy (non-hydrogen) atoms. The molecule has 0 unspecified atom stereocenters. The molecule has 0 atom stereocenters. The average Bonchev–Trinajstić information content (AvgIpc) is 3.73. The molecule has 6 nitrogen and oxygen atoms in total. The molecule has 8 rings (SSSR count). The zero-order valence-corrected chi connectivity index (χ0v) is 31.4. The number of aryl methyl sites for hydroxylation is 2. The second-order valence-corrected chi connectivity index (χ2v) is 14.3. The SMILES string of the molecule is CCCCCc1nc2ccc(C)cc2c(CO)c1Cc1ccc(-c2ccccc2-c2nnn(C(c3ccccc3)(c3ccccc3)c3ccccc3)n2)cc1. The third-order valence-electron chi connectivity index (χ3n) is 10.7. The van der Waals surface area contributed by atoms with Crippen LogP contribution in [-0.2, 0) is 25.0 Å². The number of hydrogen-bond acceptors (Lipinski definition) is 5. The average molecular weight is 720 g/mol. The van der Waals surface area contributed by atoms with Crippen molar-refractivity contribution in [3.8, 4) is 22.5 Å². The van der Waals surface area contributed by atoms with Crippen LogP contribution in [0.15, 0.2) is 158 Å². The van der Waals surface area contributed by atoms with Crippen LogP contribution < -0.4 is 0 Å². The van der Waals surface area contributed by atoms with Crippen LogP contribution in [0, 0.1) is 6.92 Å². The molecule has 0 radical (unpaired) electrons. The van der Waals surface area contributed by atoms with Crippen molar-refractivity contribution in [1.82, 2.24) is 25.2 Å². The van der Waals surface area contributed by atoms with Gasteiger partial charge in [0.15, 0.2) is 5.54 Å². The number of pyridine rings is 1. The van der Waals surface area contributed by atoms with Crippen LogP contribution in [0.25, 0.3) is 33.4 Å². The first-order valence-corrected chi connectivity index (χ1v) is 19.3. The molecule has 6 heteroatoms. The minimum Gasteiger partial charge on any atom is -0.392 e. The lowest BCUT2D eigenvalue weighted by Crippen LogP contribution is -2.39. The number of tetrazole rings is 1. The number of aromatic nitrogens is 5. The minimum atomic E-state index is -0.856. The maximum atomic E-state index is 10.7. The van der Waals surface area contributed by atoms with Crippen LogP contribution in [0.3, 0.4) is 0 Å². The van der Waals surface area contributed by atoms with E-state index >= 15 is 0 Å². The van der Waals surface area contributed by atoms with Gasteiger partial charge in [-0.15, -0.1) is 15.0 Å². The molecule has 0 spiro atoms. The van der Waals surface area contributed by atoms with Gasteiger partial charge in [-0.3, -0.25) is 4.98 Å². The number of benzene rings is 6. The molecule has 1 N–H and O–H groups in total. The van der Waals surface area contributed by atoms with Gasteiger partial charge in [-0.1, -0.05) is 171 Å². The number of aliphatic hydroxyl groups is 1. The lowest BCUT2D eigenvalue weighted by atomic mass is 9.77. The Morgan fingerprint density at radius 2 is 1.24 bits per heavy atom. The van der Waals surface area contributed by atoms with E-state index in [1.54, 1.807) is 4.80 Å². The number of unbranched alkanes of at least 4 members (excludes halogenated alkanes) is 2. The smallest absolute Gasteiger partial charge is 0.205 e. The first kappa shape index (κ1) is 35.8. The Morgan fingerprint density at radius 1 is 0.636 bits per heavy atom. The Labute approximate surface area is 323 Å². The Bertz CT molecular complexity index is 2420. The van der Waals surface area contributed by atoms with Crippen molar-refractivity contribution in [2.45, 2.75) is 58.1 Å². The molecular weight excluding hydrogens is 675 g/mol. The first-order valence-electron chi connectivity index (χ1n) is 19.3. The van der Waals surface area contributed by atoms with Crippen LogP contribution in [0.5, 0.6) is 0 Å². The van der Waals surface area contributed by atoms with Gasteiger partial charge in [0, 0.05) is 16.6 Å². The fourth-order valence-electron chi connectivity index (χ4n) is 7.96. The fourth-order valence-corrected chi connectivity index (χ4v) is 7.96. The highest BCUT2D eigenvalue weighted by Gasteiger charge is 2.41. The number of rotatable bonds is 13. The number of nitrogens with zero attached hydrogens (tertiary/aromatic N) is 5. The van der Waals surface area contributed by atoms with E-state index in [-0.39, 0.29) is 6.61 Å². The molecule has 2 aromatic heterocycles. The van der Waals surface area contributed by atoms with Gasteiger partial charge < -0.3 is 5.11 Å². The van der Waals surface area contributed by atoms with Crippen LogP contribution in [0.1, 0.15) is 70.8 Å². The van der Waals surface area contributed by atoms with Gasteiger partial charge >= 0.3 is 0 Å². The van der Waals surface area contributed by atoms with Crippen molar-refractivity contribution in [1.29, 1.82) is 0 Å². The summed E-state index contributed by atoms with van der Waals surface area (Å²) in [4.78, 5) is 6.92. The highest BCUT2D eigenvalue weighted by Crippen LogP contribution is 2.40. The summed E-state index contributed by atoms with van der Waals surface area (Å²) in [5, 5.41) is 26.5. The maximum absolute atomic E-state index is 10.7. The monoisotopic (exact) mass is 719 g/mol. The van der Waals surface area contributed by atoms with Gasteiger partial charge in [-0.25, -0.2) is 0 Å². The van der Waals surface area contributed by atoms with Gasteiger partial charge in [0.25, 0.3) is 0 Å². The molecule has 8 aromatic rings. The lowest BCUT2D eigenvalue weighted by Gasteiger charge is -2.34. The Kier molecular flexibility index (Phi) is 10.4. The zero-order chi connectivity index (χ0) is 37.6. The van der Waals surface area contributed by atoms with Crippen LogP contribution in [-0.4, -0.2) is 30.3 Å². The molecule has 272 valence electrons. The Hall–Kier alpha value is -6.24. The lowest BCUT2D eigenvalue weighted by molar-refractivity contribution is 0.282. The summed E-state index contributed by atoms with van der Waals surface area (Å²) >= 11 is 0. The van der Waals surface area contributed by atoms with Gasteiger partial charge in [0.1, 0.15) is 0 Å². The van der Waals surface area contributed by atoms with Crippen molar-refractivity contribution in [2.75, 3.05) is 0 Å². The third kappa shape index (κ3) is 6.97. The predicted molar refractivity (Wildman–Crippen MR) is 222 cm³/mol. The highest BCUT2D eigenvalue weighted by molar-refractivity contribution is 5.85. The highest BCUT2D eigenvalue weighted by atomic mass is 16.3. The van der Waals surface area contributed by atoms with Crippen molar-refractivity contribution in [3.05, 3.63) is 202 Å². The van der Waals surface area contributed by atoms with E-state index in [1.165, 1.54) is 5.56 Å². The fraction of sp³-hybridized carbons (Fsp3) is 0.184. The Balaban J connectivity index is 1.17. The van der Waals surface area contributed by atoms with Crippen LogP contribution in [0.2, 0.25) is 0 Å². The largest absolute Gasteiger partial charge is 0.392 e. The van der Waals surface area contributed by atoms with Crippen molar-refractivity contribution in [3.63, 3.8) is 0 Å². The second-order valence-electron chi connectivity index (χ2n) is 14.3. The summed E-state index contributed by atoms with van der Waals surface area (Å²) < 4.78 is 0. The molecule has 2 heterocycles. The molecular formula is C49H45N5O. The van der Waals surface area contributed by atoms with Gasteiger partial charge in [0.2, 0.25) is 5.82 Å². The van der Waals surface area contributed by atoms with Crippen molar-refractivity contribution < 1.29 is 5.11 Å². The molecule has 0 bridgehead atoms. The zero-order valence-electron chi connectivity index (χ0n) is 31.4. The summed E-state index contributed by atoms with van der Waals surface area (Å²) in [6, 6.07) is 54.6. The van der Waals surface area contributed by atoms with Gasteiger partial charge in [-0.05, 0) is 88.0 Å². The molecule has 0 aliphatic carbocycles. The number of aliphatic hydroxyl groups excluding tert-OH is 1. The standard InChI is InChI=1S/C49H45N5O/c1-3-4-8-25-46-44(45(34-55)43-32-35(2)26-31-47(43)50-46)33-36-27-29-37(30-28-36)41-23-15-16-24-42(41)48-51-53-54(52-48)49(38-17-9-5-10-18-38,39-19-11-6-12-20-39)40-21-13-7-14-22-40/h5-7,9-24,26-32,55H,3-4,8,25,33-34H2,1-2H3. The van der Waals surface area contributed by atoms with E-state index in [1.807, 2.05) is 24.3 Å². The summed E-state index contributed by atoms with van der Waals surface area (Å²) in [6.45, 7) is 4.30. The molecule has 0 saturated carbocycles. The summed E-state index contributed by atoms with van der Waals surface area (Å²) in [5.74, 6) is 0.550. The van der Waals surface area contributed by atoms with Crippen LogP contribution >= 0.6 is 0 Å². The second kappa shape index (κ2) is 16.0. The third-order valence-corrected chi connectivity index (χ3v) is 10.7. The van der Waals surface area contributed by atoms with Crippen molar-refractivity contribution >= 4 is 10.9 Å². The number of hydrogen-bond donors (Lipinski definition) is 1. The van der Waals surface area contributed by atoms with Crippen molar-refractivity contribution in [2.24, 2.45) is 0 Å².